The number of carbonyl (C=O) groups excluding carboxylic acids is 1. The predicted molar refractivity (Wildman–Crippen MR) is 58.1 cm³/mol. The summed E-state index contributed by atoms with van der Waals surface area (Å²) in [5.74, 6) is 0.259. The van der Waals surface area contributed by atoms with Gasteiger partial charge in [0.1, 0.15) is 0 Å². The minimum atomic E-state index is -0.339. The Kier molecular flexibility index (Phi) is 4.76. The number of hydrogen-bond acceptors (Lipinski definition) is 4. The third-order valence-corrected chi connectivity index (χ3v) is 2.38. The van der Waals surface area contributed by atoms with E-state index < -0.39 is 0 Å². The Morgan fingerprint density at radius 1 is 1.69 bits per heavy atom. The second kappa shape index (κ2) is 5.86. The molecule has 1 aliphatic heterocycles. The van der Waals surface area contributed by atoms with E-state index in [1.807, 2.05) is 13.8 Å². The molecule has 5 heteroatoms. The number of carbonyl (C=O) groups is 1. The Bertz CT molecular complexity index is 277. The number of nitrogens with zero attached hydrogens (tertiary/aromatic N) is 1. The summed E-state index contributed by atoms with van der Waals surface area (Å²) in [4.78, 5) is 16.6. The van der Waals surface area contributed by atoms with Crippen molar-refractivity contribution >= 4 is 5.91 Å². The second-order valence-electron chi connectivity index (χ2n) is 3.73. The summed E-state index contributed by atoms with van der Waals surface area (Å²) in [6.45, 7) is 4.49. The molecule has 92 valence electrons. The van der Waals surface area contributed by atoms with Crippen molar-refractivity contribution in [1.29, 1.82) is 0 Å². The van der Waals surface area contributed by atoms with E-state index >= 15 is 0 Å². The van der Waals surface area contributed by atoms with Crippen LogP contribution in [0.15, 0.2) is 11.8 Å². The van der Waals surface area contributed by atoms with E-state index in [1.54, 1.807) is 13.1 Å². The lowest BCUT2D eigenvalue weighted by Gasteiger charge is -2.28. The lowest BCUT2D eigenvalue weighted by atomic mass is 10.0. The molecule has 2 atom stereocenters. The molecule has 16 heavy (non-hydrogen) atoms. The molecule has 1 aliphatic rings. The van der Waals surface area contributed by atoms with Crippen LogP contribution in [0.3, 0.4) is 0 Å². The highest BCUT2D eigenvalue weighted by molar-refractivity contribution is 5.90. The zero-order chi connectivity index (χ0) is 12.1. The molecule has 0 radical (unpaired) electrons. The fourth-order valence-electron chi connectivity index (χ4n) is 1.51. The highest BCUT2D eigenvalue weighted by atomic mass is 16.7. The van der Waals surface area contributed by atoms with Crippen molar-refractivity contribution in [3.05, 3.63) is 11.8 Å². The average Bonchev–Trinajstić information content (AvgIpc) is 2.26. The maximum atomic E-state index is 11.8. The van der Waals surface area contributed by atoms with Crippen molar-refractivity contribution in [2.24, 2.45) is 5.92 Å². The Hall–Kier alpha value is -1.07. The van der Waals surface area contributed by atoms with Gasteiger partial charge in [-0.3, -0.25) is 9.63 Å². The first kappa shape index (κ1) is 13.0. The number of ether oxygens (including phenoxy) is 2. The topological polar surface area (TPSA) is 48.0 Å². The van der Waals surface area contributed by atoms with E-state index in [2.05, 4.69) is 0 Å². The van der Waals surface area contributed by atoms with Crippen LogP contribution in [-0.4, -0.2) is 38.0 Å². The molecule has 0 bridgehead atoms. The number of allylic oxidation sites excluding steroid dienone is 1. The number of rotatable bonds is 4. The summed E-state index contributed by atoms with van der Waals surface area (Å²) in [5, 5.41) is 1.13. The SMILES string of the molecule is CCO[C@H]1C[C@@H](C)C=C(C(=O)N(C)OC)O1. The summed E-state index contributed by atoms with van der Waals surface area (Å²) in [6, 6.07) is 0. The molecule has 0 aromatic carbocycles. The van der Waals surface area contributed by atoms with Gasteiger partial charge in [0.2, 0.25) is 6.29 Å². The maximum Gasteiger partial charge on any atom is 0.311 e. The largest absolute Gasteiger partial charge is 0.459 e. The maximum absolute atomic E-state index is 11.8. The first-order valence-corrected chi connectivity index (χ1v) is 5.40. The highest BCUT2D eigenvalue weighted by Crippen LogP contribution is 2.23. The zero-order valence-electron chi connectivity index (χ0n) is 10.2. The van der Waals surface area contributed by atoms with E-state index in [-0.39, 0.29) is 18.1 Å². The molecular weight excluding hydrogens is 210 g/mol. The van der Waals surface area contributed by atoms with Gasteiger partial charge in [-0.05, 0) is 18.9 Å². The van der Waals surface area contributed by atoms with Gasteiger partial charge < -0.3 is 9.47 Å². The molecule has 0 saturated carbocycles. The Balaban J connectivity index is 2.68. The van der Waals surface area contributed by atoms with Crippen LogP contribution in [0.5, 0.6) is 0 Å². The van der Waals surface area contributed by atoms with Gasteiger partial charge in [-0.15, -0.1) is 0 Å². The lowest BCUT2D eigenvalue weighted by molar-refractivity contribution is -0.179. The number of hydrogen-bond donors (Lipinski definition) is 0. The molecular formula is C11H19NO4. The van der Waals surface area contributed by atoms with Crippen molar-refractivity contribution in [2.75, 3.05) is 20.8 Å². The molecule has 0 aromatic rings. The molecule has 0 unspecified atom stereocenters. The van der Waals surface area contributed by atoms with Crippen molar-refractivity contribution in [2.45, 2.75) is 26.6 Å². The van der Waals surface area contributed by atoms with E-state index in [9.17, 15) is 4.79 Å². The molecule has 5 nitrogen and oxygen atoms in total. The molecule has 0 saturated heterocycles. The molecule has 0 aliphatic carbocycles. The molecule has 0 aromatic heterocycles. The van der Waals surface area contributed by atoms with Crippen LogP contribution in [0.4, 0.5) is 0 Å². The number of hydroxylamine groups is 2. The van der Waals surface area contributed by atoms with Gasteiger partial charge in [0, 0.05) is 20.1 Å². The Labute approximate surface area is 95.9 Å². The number of amides is 1. The highest BCUT2D eigenvalue weighted by Gasteiger charge is 2.27. The minimum Gasteiger partial charge on any atom is -0.459 e. The van der Waals surface area contributed by atoms with Crippen LogP contribution >= 0.6 is 0 Å². The second-order valence-corrected chi connectivity index (χ2v) is 3.73. The molecule has 1 rings (SSSR count). The van der Waals surface area contributed by atoms with Crippen LogP contribution in [0, 0.1) is 5.92 Å². The van der Waals surface area contributed by atoms with E-state index in [1.165, 1.54) is 7.11 Å². The lowest BCUT2D eigenvalue weighted by Crippen LogP contribution is -2.33. The average molecular weight is 229 g/mol. The fraction of sp³-hybridized carbons (Fsp3) is 0.727. The van der Waals surface area contributed by atoms with E-state index in [0.717, 1.165) is 11.5 Å². The Morgan fingerprint density at radius 3 is 2.94 bits per heavy atom. The fourth-order valence-corrected chi connectivity index (χ4v) is 1.51. The van der Waals surface area contributed by atoms with Crippen LogP contribution < -0.4 is 0 Å². The van der Waals surface area contributed by atoms with Gasteiger partial charge in [0.25, 0.3) is 0 Å². The number of likely N-dealkylation sites (N-methyl/N-ethyl adjacent to an activating group) is 1. The van der Waals surface area contributed by atoms with Crippen molar-refractivity contribution in [3.8, 4) is 0 Å². The minimum absolute atomic E-state index is 0.259. The summed E-state index contributed by atoms with van der Waals surface area (Å²) >= 11 is 0. The molecule has 0 spiro atoms. The van der Waals surface area contributed by atoms with E-state index in [0.29, 0.717) is 12.4 Å². The van der Waals surface area contributed by atoms with E-state index in [4.69, 9.17) is 14.3 Å². The van der Waals surface area contributed by atoms with Gasteiger partial charge in [-0.25, -0.2) is 5.06 Å². The summed E-state index contributed by atoms with van der Waals surface area (Å²) in [5.41, 5.74) is 0. The monoisotopic (exact) mass is 229 g/mol. The third-order valence-electron chi connectivity index (χ3n) is 2.38. The predicted octanol–water partition coefficient (Wildman–Crippen LogP) is 1.31. The van der Waals surface area contributed by atoms with Gasteiger partial charge in [0.05, 0.1) is 7.11 Å². The van der Waals surface area contributed by atoms with Crippen molar-refractivity contribution in [3.63, 3.8) is 0 Å². The smallest absolute Gasteiger partial charge is 0.311 e. The van der Waals surface area contributed by atoms with Crippen molar-refractivity contribution in [1.82, 2.24) is 5.06 Å². The van der Waals surface area contributed by atoms with Crippen LogP contribution in [0.25, 0.3) is 0 Å². The first-order valence-electron chi connectivity index (χ1n) is 5.40. The summed E-state index contributed by atoms with van der Waals surface area (Å²) in [6.07, 6.45) is 2.23. The zero-order valence-corrected chi connectivity index (χ0v) is 10.2. The van der Waals surface area contributed by atoms with Crippen LogP contribution in [0.1, 0.15) is 20.3 Å². The van der Waals surface area contributed by atoms with Gasteiger partial charge in [0.15, 0.2) is 5.76 Å². The molecule has 0 N–H and O–H groups in total. The third kappa shape index (κ3) is 3.21. The summed E-state index contributed by atoms with van der Waals surface area (Å²) in [7, 11) is 2.98. The van der Waals surface area contributed by atoms with Gasteiger partial charge >= 0.3 is 5.91 Å². The van der Waals surface area contributed by atoms with Crippen LogP contribution in [-0.2, 0) is 19.1 Å². The van der Waals surface area contributed by atoms with Gasteiger partial charge in [-0.1, -0.05) is 6.92 Å². The molecule has 1 amide bonds. The molecule has 1 heterocycles. The first-order chi connectivity index (χ1) is 7.58. The Morgan fingerprint density at radius 2 is 2.38 bits per heavy atom. The standard InChI is InChI=1S/C11H19NO4/c1-5-15-10-7-8(2)6-9(16-10)11(13)12(3)14-4/h6,8,10H,5,7H2,1-4H3/t8-,10+/m0/s1. The van der Waals surface area contributed by atoms with Crippen molar-refractivity contribution < 1.29 is 19.1 Å². The van der Waals surface area contributed by atoms with Crippen LogP contribution in [0.2, 0.25) is 0 Å². The summed E-state index contributed by atoms with van der Waals surface area (Å²) < 4.78 is 10.8. The normalized spacial score (nSPS) is 24.6. The van der Waals surface area contributed by atoms with Gasteiger partial charge in [-0.2, -0.15) is 0 Å². The quantitative estimate of drug-likeness (QED) is 0.682. The molecule has 0 fully saturated rings.